The van der Waals surface area contributed by atoms with Gasteiger partial charge < -0.3 is 10.1 Å². The Morgan fingerprint density at radius 3 is 2.75 bits per heavy atom. The second-order valence-electron chi connectivity index (χ2n) is 6.24. The van der Waals surface area contributed by atoms with E-state index >= 15 is 0 Å². The third-order valence-corrected chi connectivity index (χ3v) is 4.41. The van der Waals surface area contributed by atoms with E-state index in [1.54, 1.807) is 0 Å². The van der Waals surface area contributed by atoms with Crippen molar-refractivity contribution >= 4 is 0 Å². The number of aromatic nitrogens is 1. The van der Waals surface area contributed by atoms with Gasteiger partial charge in [0.1, 0.15) is 6.10 Å². The van der Waals surface area contributed by atoms with Gasteiger partial charge >= 0.3 is 0 Å². The van der Waals surface area contributed by atoms with Crippen molar-refractivity contribution in [2.45, 2.75) is 59.6 Å². The zero-order chi connectivity index (χ0) is 14.5. The summed E-state index contributed by atoms with van der Waals surface area (Å²) in [6, 6.07) is 4.21. The fourth-order valence-corrected chi connectivity index (χ4v) is 2.91. The minimum absolute atomic E-state index is 0.336. The summed E-state index contributed by atoms with van der Waals surface area (Å²) >= 11 is 0. The number of pyridine rings is 1. The highest BCUT2D eigenvalue weighted by Gasteiger charge is 2.26. The lowest BCUT2D eigenvalue weighted by atomic mass is 9.80. The van der Waals surface area contributed by atoms with Crippen LogP contribution in [0.4, 0.5) is 0 Å². The van der Waals surface area contributed by atoms with E-state index in [0.29, 0.717) is 6.10 Å². The van der Waals surface area contributed by atoms with Crippen LogP contribution >= 0.6 is 0 Å². The fourth-order valence-electron chi connectivity index (χ4n) is 2.91. The van der Waals surface area contributed by atoms with Crippen molar-refractivity contribution in [3.05, 3.63) is 23.4 Å². The normalized spacial score (nSPS) is 26.5. The molecule has 2 rings (SSSR count). The topological polar surface area (TPSA) is 34.2 Å². The van der Waals surface area contributed by atoms with Crippen LogP contribution in [0.2, 0.25) is 0 Å². The molecule has 0 aromatic carbocycles. The summed E-state index contributed by atoms with van der Waals surface area (Å²) < 4.78 is 6.14. The Morgan fingerprint density at radius 2 is 2.05 bits per heavy atom. The van der Waals surface area contributed by atoms with E-state index in [1.165, 1.54) is 12.0 Å². The molecule has 3 nitrogen and oxygen atoms in total. The van der Waals surface area contributed by atoms with Gasteiger partial charge in [-0.3, -0.25) is 0 Å². The maximum atomic E-state index is 6.14. The Hall–Kier alpha value is -1.09. The van der Waals surface area contributed by atoms with Gasteiger partial charge in [0.15, 0.2) is 0 Å². The Bertz CT molecular complexity index is 433. The molecule has 1 aromatic rings. The van der Waals surface area contributed by atoms with Gasteiger partial charge in [-0.1, -0.05) is 20.8 Å². The van der Waals surface area contributed by atoms with Crippen molar-refractivity contribution in [3.8, 4) is 5.88 Å². The fraction of sp³-hybridized carbons (Fsp3) is 0.706. The van der Waals surface area contributed by atoms with Crippen molar-refractivity contribution in [2.75, 3.05) is 6.54 Å². The molecule has 1 aliphatic carbocycles. The molecule has 0 amide bonds. The molecule has 0 aliphatic heterocycles. The lowest BCUT2D eigenvalue weighted by Crippen LogP contribution is -2.29. The SMILES string of the molecule is CCNCc1cc(C)nc(OC2CCC(C)C(C)C2)c1. The van der Waals surface area contributed by atoms with Gasteiger partial charge in [-0.25, -0.2) is 4.98 Å². The number of nitrogens with zero attached hydrogens (tertiary/aromatic N) is 1. The largest absolute Gasteiger partial charge is 0.474 e. The highest BCUT2D eigenvalue weighted by atomic mass is 16.5. The molecule has 20 heavy (non-hydrogen) atoms. The quantitative estimate of drug-likeness (QED) is 0.890. The molecule has 0 spiro atoms. The second-order valence-corrected chi connectivity index (χ2v) is 6.24. The predicted molar refractivity (Wildman–Crippen MR) is 82.9 cm³/mol. The number of rotatable bonds is 5. The first-order chi connectivity index (χ1) is 9.58. The summed E-state index contributed by atoms with van der Waals surface area (Å²) in [5.41, 5.74) is 2.29. The van der Waals surface area contributed by atoms with E-state index in [9.17, 15) is 0 Å². The van der Waals surface area contributed by atoms with Crippen LogP contribution in [0.3, 0.4) is 0 Å². The minimum Gasteiger partial charge on any atom is -0.474 e. The summed E-state index contributed by atoms with van der Waals surface area (Å²) in [6.45, 7) is 10.7. The van der Waals surface area contributed by atoms with Crippen molar-refractivity contribution in [3.63, 3.8) is 0 Å². The van der Waals surface area contributed by atoms with Gasteiger partial charge in [0.05, 0.1) is 0 Å². The van der Waals surface area contributed by atoms with Gasteiger partial charge in [-0.2, -0.15) is 0 Å². The number of nitrogens with one attached hydrogen (secondary N) is 1. The Labute approximate surface area is 123 Å². The Balaban J connectivity index is 1.99. The lowest BCUT2D eigenvalue weighted by Gasteiger charge is -2.32. The summed E-state index contributed by atoms with van der Waals surface area (Å²) in [5, 5.41) is 3.35. The van der Waals surface area contributed by atoms with Crippen LogP contribution in [0.5, 0.6) is 5.88 Å². The van der Waals surface area contributed by atoms with Gasteiger partial charge in [0, 0.05) is 18.3 Å². The smallest absolute Gasteiger partial charge is 0.214 e. The van der Waals surface area contributed by atoms with Crippen LogP contribution in [0.1, 0.15) is 51.3 Å². The van der Waals surface area contributed by atoms with Crippen molar-refractivity contribution in [1.82, 2.24) is 10.3 Å². The van der Waals surface area contributed by atoms with Crippen LogP contribution in [-0.2, 0) is 6.54 Å². The predicted octanol–water partition coefficient (Wildman–Crippen LogP) is 3.70. The third kappa shape index (κ3) is 4.20. The summed E-state index contributed by atoms with van der Waals surface area (Å²) in [7, 11) is 0. The molecule has 1 saturated carbocycles. The van der Waals surface area contributed by atoms with Crippen LogP contribution < -0.4 is 10.1 Å². The molecule has 112 valence electrons. The van der Waals surface area contributed by atoms with E-state index < -0.39 is 0 Å². The maximum Gasteiger partial charge on any atom is 0.214 e. The summed E-state index contributed by atoms with van der Waals surface area (Å²) in [6.07, 6.45) is 3.91. The average Bonchev–Trinajstić information content (AvgIpc) is 2.40. The van der Waals surface area contributed by atoms with Gasteiger partial charge in [-0.05, 0) is 56.2 Å². The number of hydrogen-bond acceptors (Lipinski definition) is 3. The van der Waals surface area contributed by atoms with Crippen molar-refractivity contribution in [2.24, 2.45) is 11.8 Å². The summed E-state index contributed by atoms with van der Waals surface area (Å²) in [5.74, 6) is 2.37. The van der Waals surface area contributed by atoms with Crippen LogP contribution in [-0.4, -0.2) is 17.6 Å². The standard InChI is InChI=1S/C17H28N2O/c1-5-18-11-15-9-14(4)19-17(10-15)20-16-7-6-12(2)13(3)8-16/h9-10,12-13,16,18H,5-8,11H2,1-4H3. The van der Waals surface area contributed by atoms with E-state index in [2.05, 4.69) is 43.2 Å². The molecule has 3 unspecified atom stereocenters. The first kappa shape index (κ1) is 15.3. The van der Waals surface area contributed by atoms with E-state index in [1.807, 2.05) is 6.92 Å². The average molecular weight is 276 g/mol. The first-order valence-corrected chi connectivity index (χ1v) is 7.93. The molecular weight excluding hydrogens is 248 g/mol. The molecular formula is C17H28N2O. The Kier molecular flexibility index (Phi) is 5.41. The van der Waals surface area contributed by atoms with Crippen LogP contribution in [0.15, 0.2) is 12.1 Å². The highest BCUT2D eigenvalue weighted by Crippen LogP contribution is 2.31. The molecule has 0 bridgehead atoms. The molecule has 3 atom stereocenters. The lowest BCUT2D eigenvalue weighted by molar-refractivity contribution is 0.0962. The van der Waals surface area contributed by atoms with Gasteiger partial charge in [0.2, 0.25) is 5.88 Å². The highest BCUT2D eigenvalue weighted by molar-refractivity contribution is 5.24. The molecule has 1 fully saturated rings. The zero-order valence-corrected chi connectivity index (χ0v) is 13.3. The molecule has 1 heterocycles. The van der Waals surface area contributed by atoms with E-state index in [0.717, 1.165) is 49.3 Å². The third-order valence-electron chi connectivity index (χ3n) is 4.41. The number of aryl methyl sites for hydroxylation is 1. The number of ether oxygens (including phenoxy) is 1. The summed E-state index contributed by atoms with van der Waals surface area (Å²) in [4.78, 5) is 4.53. The minimum atomic E-state index is 0.336. The van der Waals surface area contributed by atoms with E-state index in [-0.39, 0.29) is 0 Å². The van der Waals surface area contributed by atoms with E-state index in [4.69, 9.17) is 4.74 Å². The molecule has 3 heteroatoms. The van der Waals surface area contributed by atoms with Crippen LogP contribution in [0.25, 0.3) is 0 Å². The number of hydrogen-bond donors (Lipinski definition) is 1. The maximum absolute atomic E-state index is 6.14. The molecule has 1 aliphatic rings. The van der Waals surface area contributed by atoms with Gasteiger partial charge in [0.25, 0.3) is 0 Å². The van der Waals surface area contributed by atoms with Crippen molar-refractivity contribution in [1.29, 1.82) is 0 Å². The zero-order valence-electron chi connectivity index (χ0n) is 13.3. The molecule has 0 saturated heterocycles. The molecule has 1 aromatic heterocycles. The second kappa shape index (κ2) is 7.07. The monoisotopic (exact) mass is 276 g/mol. The Morgan fingerprint density at radius 1 is 1.25 bits per heavy atom. The van der Waals surface area contributed by atoms with Gasteiger partial charge in [-0.15, -0.1) is 0 Å². The van der Waals surface area contributed by atoms with Crippen molar-refractivity contribution < 1.29 is 4.74 Å². The first-order valence-electron chi connectivity index (χ1n) is 7.93. The molecule has 0 radical (unpaired) electrons. The molecule has 1 N–H and O–H groups in total. The van der Waals surface area contributed by atoms with Crippen LogP contribution in [0, 0.1) is 18.8 Å².